The summed E-state index contributed by atoms with van der Waals surface area (Å²) in [6.07, 6.45) is -0.192. The van der Waals surface area contributed by atoms with Crippen LogP contribution in [0.25, 0.3) is 0 Å². The van der Waals surface area contributed by atoms with Gasteiger partial charge in [-0.1, -0.05) is 48.5 Å². The first-order chi connectivity index (χ1) is 16.9. The molecule has 6 rings (SSSR count). The quantitative estimate of drug-likeness (QED) is 0.630. The van der Waals surface area contributed by atoms with Gasteiger partial charge in [0.2, 0.25) is 5.91 Å². The minimum absolute atomic E-state index is 0.0959. The monoisotopic (exact) mass is 478 g/mol. The summed E-state index contributed by atoms with van der Waals surface area (Å²) in [6.45, 7) is 3.94. The Balaban J connectivity index is 1.29. The zero-order chi connectivity index (χ0) is 24.2. The van der Waals surface area contributed by atoms with Gasteiger partial charge in [0.05, 0.1) is 19.0 Å². The number of imide groups is 1. The van der Waals surface area contributed by atoms with E-state index >= 15 is 0 Å². The van der Waals surface area contributed by atoms with Gasteiger partial charge in [0, 0.05) is 6.04 Å². The highest BCUT2D eigenvalue weighted by atomic mass is 16.8. The summed E-state index contributed by atoms with van der Waals surface area (Å²) < 4.78 is 24.9. The molecule has 3 unspecified atom stereocenters. The van der Waals surface area contributed by atoms with Crippen molar-refractivity contribution < 1.29 is 28.5 Å². The maximum atomic E-state index is 13.7. The first kappa shape index (κ1) is 22.5. The lowest BCUT2D eigenvalue weighted by atomic mass is 9.96. The summed E-state index contributed by atoms with van der Waals surface area (Å²) in [6, 6.07) is 18.5. The van der Waals surface area contributed by atoms with Gasteiger partial charge in [-0.3, -0.25) is 9.69 Å². The summed E-state index contributed by atoms with van der Waals surface area (Å²) >= 11 is 0. The number of amides is 3. The number of hydrogen-bond acceptors (Lipinski definition) is 6. The molecule has 0 bridgehead atoms. The summed E-state index contributed by atoms with van der Waals surface area (Å²) in [7, 11) is 0. The Morgan fingerprint density at radius 3 is 2.31 bits per heavy atom. The summed E-state index contributed by atoms with van der Waals surface area (Å²) in [5, 5.41) is 0. The molecule has 8 heteroatoms. The SMILES string of the molecule is CC1(C)OC2OC([C@@H]3CC(=O)N(Cc4ccccc4)C(=O)N3C3CC3)[C@H](Oc3ccccc3)C2O1. The highest BCUT2D eigenvalue weighted by molar-refractivity contribution is 5.97. The van der Waals surface area contributed by atoms with Crippen molar-refractivity contribution in [3.8, 4) is 5.75 Å². The standard InChI is InChI=1S/C27H30N2O6/c1-27(2)34-24-23(32-19-11-7-4-8-12-19)22(33-25(24)35-27)20-15-21(30)28(16-17-9-5-3-6-10-17)26(31)29(20)18-13-14-18/h3-12,18,20,22-25H,13-16H2,1-2H3/t20-,22?,23-,24?,25?/m0/s1. The van der Waals surface area contributed by atoms with E-state index in [9.17, 15) is 9.59 Å². The third-order valence-corrected chi connectivity index (χ3v) is 7.04. The van der Waals surface area contributed by atoms with E-state index in [-0.39, 0.29) is 30.9 Å². The Bertz CT molecular complexity index is 1090. The Labute approximate surface area is 204 Å². The summed E-state index contributed by atoms with van der Waals surface area (Å²) in [4.78, 5) is 30.2. The molecule has 184 valence electrons. The molecule has 0 spiro atoms. The molecule has 0 radical (unpaired) electrons. The van der Waals surface area contributed by atoms with Crippen LogP contribution in [-0.2, 0) is 25.5 Å². The number of fused-ring (bicyclic) bond motifs is 1. The Hall–Kier alpha value is -2.94. The van der Waals surface area contributed by atoms with E-state index in [2.05, 4.69) is 0 Å². The molecule has 4 fully saturated rings. The molecule has 35 heavy (non-hydrogen) atoms. The number of benzene rings is 2. The molecular weight excluding hydrogens is 448 g/mol. The van der Waals surface area contributed by atoms with Crippen molar-refractivity contribution in [1.82, 2.24) is 9.80 Å². The molecule has 3 heterocycles. The zero-order valence-corrected chi connectivity index (χ0v) is 19.9. The highest BCUT2D eigenvalue weighted by Crippen LogP contribution is 2.44. The average Bonchev–Trinajstić information content (AvgIpc) is 3.56. The number of nitrogens with zero attached hydrogens (tertiary/aromatic N) is 2. The van der Waals surface area contributed by atoms with Gasteiger partial charge in [-0.15, -0.1) is 0 Å². The first-order valence-electron chi connectivity index (χ1n) is 12.3. The van der Waals surface area contributed by atoms with Crippen LogP contribution in [0.4, 0.5) is 4.79 Å². The van der Waals surface area contributed by atoms with Gasteiger partial charge in [-0.2, -0.15) is 0 Å². The van der Waals surface area contributed by atoms with E-state index in [1.165, 1.54) is 4.90 Å². The number of carbonyl (C=O) groups is 2. The van der Waals surface area contributed by atoms with Crippen molar-refractivity contribution in [2.24, 2.45) is 0 Å². The fourth-order valence-corrected chi connectivity index (χ4v) is 5.36. The van der Waals surface area contributed by atoms with Gasteiger partial charge in [0.25, 0.3) is 0 Å². The molecule has 1 saturated carbocycles. The second-order valence-corrected chi connectivity index (χ2v) is 10.1. The molecule has 3 aliphatic heterocycles. The molecule has 8 nitrogen and oxygen atoms in total. The second kappa shape index (κ2) is 8.62. The molecule has 0 aromatic heterocycles. The van der Waals surface area contributed by atoms with Crippen molar-refractivity contribution >= 4 is 11.9 Å². The molecule has 4 aliphatic rings. The van der Waals surface area contributed by atoms with E-state index in [1.807, 2.05) is 79.4 Å². The van der Waals surface area contributed by atoms with E-state index in [0.717, 1.165) is 18.4 Å². The Kier molecular flexibility index (Phi) is 5.55. The first-order valence-corrected chi connectivity index (χ1v) is 12.3. The fraction of sp³-hybridized carbons (Fsp3) is 0.481. The molecule has 1 aliphatic carbocycles. The number of para-hydroxylation sites is 1. The highest BCUT2D eigenvalue weighted by Gasteiger charge is 2.61. The topological polar surface area (TPSA) is 77.5 Å². The maximum absolute atomic E-state index is 13.7. The summed E-state index contributed by atoms with van der Waals surface area (Å²) in [5.41, 5.74) is 0.921. The predicted octanol–water partition coefficient (Wildman–Crippen LogP) is 3.70. The normalized spacial score (nSPS) is 32.1. The summed E-state index contributed by atoms with van der Waals surface area (Å²) in [5.74, 6) is -0.335. The lowest BCUT2D eigenvalue weighted by molar-refractivity contribution is -0.220. The minimum atomic E-state index is -0.806. The third kappa shape index (κ3) is 4.30. The minimum Gasteiger partial charge on any atom is -0.485 e. The van der Waals surface area contributed by atoms with Crippen LogP contribution < -0.4 is 4.74 Å². The van der Waals surface area contributed by atoms with Gasteiger partial charge in [0.15, 0.2) is 24.3 Å². The second-order valence-electron chi connectivity index (χ2n) is 10.1. The maximum Gasteiger partial charge on any atom is 0.327 e. The number of rotatable bonds is 6. The molecule has 2 aromatic carbocycles. The molecule has 3 saturated heterocycles. The molecule has 0 N–H and O–H groups in total. The predicted molar refractivity (Wildman–Crippen MR) is 125 cm³/mol. The van der Waals surface area contributed by atoms with E-state index in [0.29, 0.717) is 5.75 Å². The van der Waals surface area contributed by atoms with Gasteiger partial charge >= 0.3 is 6.03 Å². The number of ether oxygens (including phenoxy) is 4. The number of hydrogen-bond donors (Lipinski definition) is 0. The van der Waals surface area contributed by atoms with Gasteiger partial charge in [0.1, 0.15) is 11.9 Å². The molecular formula is C27H30N2O6. The van der Waals surface area contributed by atoms with Crippen molar-refractivity contribution in [1.29, 1.82) is 0 Å². The van der Waals surface area contributed by atoms with Gasteiger partial charge in [-0.05, 0) is 44.4 Å². The van der Waals surface area contributed by atoms with Crippen LogP contribution in [0, 0.1) is 0 Å². The molecule has 3 amide bonds. The van der Waals surface area contributed by atoms with Crippen molar-refractivity contribution in [2.45, 2.75) is 82.1 Å². The average molecular weight is 479 g/mol. The van der Waals surface area contributed by atoms with Crippen LogP contribution in [0.5, 0.6) is 5.75 Å². The van der Waals surface area contributed by atoms with Crippen LogP contribution in [-0.4, -0.2) is 64.2 Å². The van der Waals surface area contributed by atoms with Crippen LogP contribution in [0.1, 0.15) is 38.7 Å². The van der Waals surface area contributed by atoms with Crippen molar-refractivity contribution in [3.63, 3.8) is 0 Å². The number of carbonyl (C=O) groups excluding carboxylic acids is 2. The number of urea groups is 1. The fourth-order valence-electron chi connectivity index (χ4n) is 5.36. The van der Waals surface area contributed by atoms with Crippen LogP contribution in [0.2, 0.25) is 0 Å². The van der Waals surface area contributed by atoms with E-state index in [4.69, 9.17) is 18.9 Å². The van der Waals surface area contributed by atoms with Crippen molar-refractivity contribution in [2.75, 3.05) is 0 Å². The largest absolute Gasteiger partial charge is 0.485 e. The molecule has 5 atom stereocenters. The third-order valence-electron chi connectivity index (χ3n) is 7.04. The molecule has 2 aromatic rings. The van der Waals surface area contributed by atoms with E-state index < -0.39 is 36.4 Å². The van der Waals surface area contributed by atoms with E-state index in [1.54, 1.807) is 0 Å². The Morgan fingerprint density at radius 1 is 0.943 bits per heavy atom. The van der Waals surface area contributed by atoms with Crippen LogP contribution in [0.15, 0.2) is 60.7 Å². The van der Waals surface area contributed by atoms with Crippen LogP contribution in [0.3, 0.4) is 0 Å². The smallest absolute Gasteiger partial charge is 0.327 e. The Morgan fingerprint density at radius 2 is 1.63 bits per heavy atom. The van der Waals surface area contributed by atoms with Gasteiger partial charge < -0.3 is 23.8 Å². The zero-order valence-electron chi connectivity index (χ0n) is 19.9. The lowest BCUT2D eigenvalue weighted by Gasteiger charge is -2.44. The lowest BCUT2D eigenvalue weighted by Crippen LogP contribution is -2.63. The van der Waals surface area contributed by atoms with Crippen LogP contribution >= 0.6 is 0 Å². The van der Waals surface area contributed by atoms with Crippen molar-refractivity contribution in [3.05, 3.63) is 66.2 Å². The van der Waals surface area contributed by atoms with Gasteiger partial charge in [-0.25, -0.2) is 4.79 Å².